The number of hydrogen-bond acceptors (Lipinski definition) is 2. The summed E-state index contributed by atoms with van der Waals surface area (Å²) in [6.45, 7) is 2.31. The summed E-state index contributed by atoms with van der Waals surface area (Å²) in [6.07, 6.45) is 1.51. The first kappa shape index (κ1) is 10.1. The fourth-order valence-electron chi connectivity index (χ4n) is 1.04. The number of hydrogen-bond donors (Lipinski definition) is 0. The number of alkyl halides is 1. The number of nitrogens with zero attached hydrogens (tertiary/aromatic N) is 1. The summed E-state index contributed by atoms with van der Waals surface area (Å²) in [5, 5.41) is 0. The summed E-state index contributed by atoms with van der Waals surface area (Å²) in [4.78, 5) is 13.2. The van der Waals surface area contributed by atoms with Crippen LogP contribution < -0.4 is 0 Å². The van der Waals surface area contributed by atoms with Crippen molar-refractivity contribution in [1.82, 2.24) is 4.90 Å². The maximum absolute atomic E-state index is 11.6. The Balaban J connectivity index is 2.73. The van der Waals surface area contributed by atoms with E-state index in [2.05, 4.69) is 0 Å². The van der Waals surface area contributed by atoms with Gasteiger partial charge in [-0.25, -0.2) is 0 Å². The highest BCUT2D eigenvalue weighted by Crippen LogP contribution is 2.10. The SMILES string of the molecule is Cc1occc1C(=O)N(C)CCCl. The molecule has 0 aromatic carbocycles. The molecule has 0 saturated heterocycles. The van der Waals surface area contributed by atoms with Gasteiger partial charge in [0, 0.05) is 19.5 Å². The number of carbonyl (C=O) groups excluding carboxylic acids is 1. The van der Waals surface area contributed by atoms with Crippen molar-refractivity contribution in [2.45, 2.75) is 6.92 Å². The van der Waals surface area contributed by atoms with Crippen molar-refractivity contribution in [3.05, 3.63) is 23.7 Å². The van der Waals surface area contributed by atoms with Gasteiger partial charge in [-0.2, -0.15) is 0 Å². The van der Waals surface area contributed by atoms with Gasteiger partial charge in [0.25, 0.3) is 5.91 Å². The lowest BCUT2D eigenvalue weighted by Gasteiger charge is -2.14. The Morgan fingerprint density at radius 3 is 2.85 bits per heavy atom. The van der Waals surface area contributed by atoms with Crippen molar-refractivity contribution in [2.24, 2.45) is 0 Å². The molecule has 72 valence electrons. The van der Waals surface area contributed by atoms with Gasteiger partial charge in [0.15, 0.2) is 0 Å². The second-order valence-electron chi connectivity index (χ2n) is 2.81. The maximum atomic E-state index is 11.6. The standard InChI is InChI=1S/C9H12ClNO2/c1-7-8(3-6-13-7)9(12)11(2)5-4-10/h3,6H,4-5H2,1-2H3. The lowest BCUT2D eigenvalue weighted by Crippen LogP contribution is -2.28. The molecule has 3 nitrogen and oxygen atoms in total. The molecule has 0 unspecified atom stereocenters. The second kappa shape index (κ2) is 4.33. The zero-order chi connectivity index (χ0) is 9.84. The van der Waals surface area contributed by atoms with Gasteiger partial charge in [0.05, 0.1) is 11.8 Å². The number of halogens is 1. The number of amides is 1. The van der Waals surface area contributed by atoms with Gasteiger partial charge in [-0.05, 0) is 13.0 Å². The van der Waals surface area contributed by atoms with Crippen LogP contribution in [0.5, 0.6) is 0 Å². The van der Waals surface area contributed by atoms with E-state index in [1.165, 1.54) is 6.26 Å². The van der Waals surface area contributed by atoms with Crippen LogP contribution in [0, 0.1) is 6.92 Å². The molecule has 0 spiro atoms. The Morgan fingerprint density at radius 2 is 2.38 bits per heavy atom. The molecule has 1 amide bonds. The van der Waals surface area contributed by atoms with Crippen LogP contribution in [0.25, 0.3) is 0 Å². The molecule has 0 aliphatic carbocycles. The number of rotatable bonds is 3. The molecular weight excluding hydrogens is 190 g/mol. The Morgan fingerprint density at radius 1 is 1.69 bits per heavy atom. The summed E-state index contributed by atoms with van der Waals surface area (Å²) in [6, 6.07) is 1.67. The quantitative estimate of drug-likeness (QED) is 0.700. The molecule has 4 heteroatoms. The maximum Gasteiger partial charge on any atom is 0.257 e. The predicted octanol–water partition coefficient (Wildman–Crippen LogP) is 1.90. The molecule has 13 heavy (non-hydrogen) atoms. The summed E-state index contributed by atoms with van der Waals surface area (Å²) in [5.41, 5.74) is 0.604. The average molecular weight is 202 g/mol. The van der Waals surface area contributed by atoms with E-state index in [0.717, 1.165) is 0 Å². The average Bonchev–Trinajstić information content (AvgIpc) is 2.50. The molecule has 0 N–H and O–H groups in total. The molecule has 0 aliphatic heterocycles. The summed E-state index contributed by atoms with van der Waals surface area (Å²) in [7, 11) is 1.72. The van der Waals surface area contributed by atoms with Crippen molar-refractivity contribution >= 4 is 17.5 Å². The van der Waals surface area contributed by atoms with Crippen LogP contribution in [0.4, 0.5) is 0 Å². The van der Waals surface area contributed by atoms with Crippen LogP contribution in [-0.4, -0.2) is 30.3 Å². The molecule has 0 atom stereocenters. The van der Waals surface area contributed by atoms with Crippen LogP contribution in [0.1, 0.15) is 16.1 Å². The minimum atomic E-state index is -0.0492. The zero-order valence-corrected chi connectivity index (χ0v) is 8.47. The number of aryl methyl sites for hydroxylation is 1. The van der Waals surface area contributed by atoms with Gasteiger partial charge in [-0.3, -0.25) is 4.79 Å². The van der Waals surface area contributed by atoms with Crippen molar-refractivity contribution in [3.8, 4) is 0 Å². The molecule has 0 saturated carbocycles. The van der Waals surface area contributed by atoms with E-state index in [1.807, 2.05) is 0 Å². The molecule has 0 radical (unpaired) electrons. The first-order valence-electron chi connectivity index (χ1n) is 4.02. The third-order valence-electron chi connectivity index (χ3n) is 1.86. The Kier molecular flexibility index (Phi) is 3.37. The van der Waals surface area contributed by atoms with E-state index in [1.54, 1.807) is 24.9 Å². The van der Waals surface area contributed by atoms with Crippen molar-refractivity contribution in [3.63, 3.8) is 0 Å². The van der Waals surface area contributed by atoms with E-state index in [0.29, 0.717) is 23.7 Å². The van der Waals surface area contributed by atoms with Crippen LogP contribution in [-0.2, 0) is 0 Å². The minimum Gasteiger partial charge on any atom is -0.469 e. The molecule has 0 fully saturated rings. The fourth-order valence-corrected chi connectivity index (χ4v) is 1.29. The number of furan rings is 1. The van der Waals surface area contributed by atoms with Crippen molar-refractivity contribution in [2.75, 3.05) is 19.5 Å². The summed E-state index contributed by atoms with van der Waals surface area (Å²) in [5.74, 6) is 1.04. The third-order valence-corrected chi connectivity index (χ3v) is 2.02. The molecule has 1 rings (SSSR count). The van der Waals surface area contributed by atoms with E-state index in [-0.39, 0.29) is 5.91 Å². The highest BCUT2D eigenvalue weighted by atomic mass is 35.5. The second-order valence-corrected chi connectivity index (χ2v) is 3.18. The van der Waals surface area contributed by atoms with Gasteiger partial charge < -0.3 is 9.32 Å². The molecule has 0 aliphatic rings. The predicted molar refractivity (Wildman–Crippen MR) is 51.1 cm³/mol. The van der Waals surface area contributed by atoms with E-state index in [4.69, 9.17) is 16.0 Å². The molecule has 1 aromatic rings. The van der Waals surface area contributed by atoms with Crippen LogP contribution in [0.2, 0.25) is 0 Å². The first-order valence-corrected chi connectivity index (χ1v) is 4.55. The minimum absolute atomic E-state index is 0.0492. The van der Waals surface area contributed by atoms with Crippen LogP contribution in [0.3, 0.4) is 0 Å². The van der Waals surface area contributed by atoms with Gasteiger partial charge in [-0.15, -0.1) is 11.6 Å². The van der Waals surface area contributed by atoms with Gasteiger partial charge >= 0.3 is 0 Å². The van der Waals surface area contributed by atoms with E-state index in [9.17, 15) is 4.79 Å². The molecule has 1 heterocycles. The van der Waals surface area contributed by atoms with Crippen LogP contribution in [0.15, 0.2) is 16.7 Å². The largest absolute Gasteiger partial charge is 0.469 e. The van der Waals surface area contributed by atoms with E-state index >= 15 is 0 Å². The smallest absolute Gasteiger partial charge is 0.257 e. The monoisotopic (exact) mass is 201 g/mol. The molecule has 1 aromatic heterocycles. The molecular formula is C9H12ClNO2. The first-order chi connectivity index (χ1) is 6.16. The number of carbonyl (C=O) groups is 1. The Hall–Kier alpha value is -0.960. The zero-order valence-electron chi connectivity index (χ0n) is 7.71. The van der Waals surface area contributed by atoms with E-state index < -0.39 is 0 Å². The van der Waals surface area contributed by atoms with Gasteiger partial charge in [-0.1, -0.05) is 0 Å². The summed E-state index contributed by atoms with van der Waals surface area (Å²) >= 11 is 5.52. The lowest BCUT2D eigenvalue weighted by molar-refractivity contribution is 0.0801. The van der Waals surface area contributed by atoms with Gasteiger partial charge in [0.1, 0.15) is 5.76 Å². The fraction of sp³-hybridized carbons (Fsp3) is 0.444. The highest BCUT2D eigenvalue weighted by molar-refractivity contribution is 6.18. The Labute approximate surface area is 82.3 Å². The normalized spacial score (nSPS) is 10.1. The van der Waals surface area contributed by atoms with Crippen LogP contribution >= 0.6 is 11.6 Å². The van der Waals surface area contributed by atoms with Crippen molar-refractivity contribution in [1.29, 1.82) is 0 Å². The highest BCUT2D eigenvalue weighted by Gasteiger charge is 2.14. The topological polar surface area (TPSA) is 33.5 Å². The third kappa shape index (κ3) is 2.25. The van der Waals surface area contributed by atoms with Crippen molar-refractivity contribution < 1.29 is 9.21 Å². The lowest BCUT2D eigenvalue weighted by atomic mass is 10.2. The summed E-state index contributed by atoms with van der Waals surface area (Å²) < 4.78 is 5.03. The molecule has 0 bridgehead atoms. The Bertz CT molecular complexity index is 296. The van der Waals surface area contributed by atoms with Gasteiger partial charge in [0.2, 0.25) is 0 Å².